The highest BCUT2D eigenvalue weighted by molar-refractivity contribution is 7.86. The van der Waals surface area contributed by atoms with Crippen LogP contribution in [0.5, 0.6) is 5.75 Å². The molecule has 0 radical (unpaired) electrons. The molecular formula is C25H32N2O4S. The van der Waals surface area contributed by atoms with Crippen molar-refractivity contribution in [3.63, 3.8) is 0 Å². The molecule has 0 amide bonds. The number of nitrogens with zero attached hydrogens (tertiary/aromatic N) is 1. The van der Waals surface area contributed by atoms with E-state index in [2.05, 4.69) is 22.6 Å². The summed E-state index contributed by atoms with van der Waals surface area (Å²) in [6.07, 6.45) is 4.22. The molecule has 1 saturated heterocycles. The molecule has 2 aromatic carbocycles. The average Bonchev–Trinajstić information content (AvgIpc) is 3.56. The van der Waals surface area contributed by atoms with Gasteiger partial charge in [-0.1, -0.05) is 31.2 Å². The quantitative estimate of drug-likeness (QED) is 0.567. The highest BCUT2D eigenvalue weighted by Gasteiger charge is 2.31. The van der Waals surface area contributed by atoms with Gasteiger partial charge >= 0.3 is 5.97 Å². The van der Waals surface area contributed by atoms with Gasteiger partial charge in [0.05, 0.1) is 24.8 Å². The van der Waals surface area contributed by atoms with Gasteiger partial charge in [0.25, 0.3) is 0 Å². The van der Waals surface area contributed by atoms with Crippen molar-refractivity contribution in [1.82, 2.24) is 4.90 Å². The van der Waals surface area contributed by atoms with Crippen LogP contribution in [0.15, 0.2) is 41.3 Å². The molecule has 2 aromatic rings. The zero-order valence-corrected chi connectivity index (χ0v) is 19.9. The normalized spacial score (nSPS) is 19.5. The second-order valence-corrected chi connectivity index (χ2v) is 9.79. The van der Waals surface area contributed by atoms with Gasteiger partial charge in [0.1, 0.15) is 11.3 Å². The third kappa shape index (κ3) is 4.84. The molecule has 172 valence electrons. The molecule has 6 nitrogen and oxygen atoms in total. The van der Waals surface area contributed by atoms with E-state index in [1.54, 1.807) is 7.11 Å². The minimum absolute atomic E-state index is 0.305. The van der Waals surface area contributed by atoms with E-state index >= 15 is 0 Å². The zero-order chi connectivity index (χ0) is 22.7. The summed E-state index contributed by atoms with van der Waals surface area (Å²) in [4.78, 5) is 15.8. The fourth-order valence-corrected chi connectivity index (χ4v) is 5.68. The molecular weight excluding hydrogens is 424 g/mol. The van der Waals surface area contributed by atoms with E-state index in [4.69, 9.17) is 9.47 Å². The van der Waals surface area contributed by atoms with Crippen LogP contribution in [-0.4, -0.2) is 48.9 Å². The first-order valence-corrected chi connectivity index (χ1v) is 12.5. The third-order valence-electron chi connectivity index (χ3n) is 6.50. The second kappa shape index (κ2) is 10.0. The molecule has 4 rings (SSSR count). The molecule has 0 aromatic heterocycles. The molecule has 0 bridgehead atoms. The fraction of sp³-hybridized carbons (Fsp3) is 0.480. The van der Waals surface area contributed by atoms with E-state index in [1.165, 1.54) is 7.11 Å². The first kappa shape index (κ1) is 22.8. The Bertz CT molecular complexity index is 1010. The van der Waals surface area contributed by atoms with E-state index in [9.17, 15) is 9.00 Å². The molecule has 2 atom stereocenters. The second-order valence-electron chi connectivity index (χ2n) is 8.61. The Kier molecular flexibility index (Phi) is 7.16. The van der Waals surface area contributed by atoms with Crippen molar-refractivity contribution in [2.45, 2.75) is 43.4 Å². The number of rotatable bonds is 9. The molecule has 2 unspecified atom stereocenters. The minimum atomic E-state index is -1.52. The number of esters is 1. The van der Waals surface area contributed by atoms with Crippen LogP contribution in [0.1, 0.15) is 53.6 Å². The van der Waals surface area contributed by atoms with Gasteiger partial charge in [0.15, 0.2) is 11.0 Å². The lowest BCUT2D eigenvalue weighted by Gasteiger charge is -2.18. The van der Waals surface area contributed by atoms with Crippen molar-refractivity contribution >= 4 is 22.6 Å². The van der Waals surface area contributed by atoms with Gasteiger partial charge < -0.3 is 19.1 Å². The van der Waals surface area contributed by atoms with E-state index in [-0.39, 0.29) is 0 Å². The van der Waals surface area contributed by atoms with Crippen molar-refractivity contribution in [2.24, 2.45) is 5.92 Å². The standard InChI is InChI=1S/C25H32N2O4S/c1-4-27-14-13-17(16-27)15-19-7-5-6-8-22(19)32(29)26-21-12-11-20(18-9-10-18)24(30-2)23(21)25(28)31-3/h5-8,11-12,17-18,26H,4,9-10,13-16H2,1-3H3. The average molecular weight is 457 g/mol. The molecule has 2 fully saturated rings. The summed E-state index contributed by atoms with van der Waals surface area (Å²) in [7, 11) is 1.39. The van der Waals surface area contributed by atoms with Crippen LogP contribution in [-0.2, 0) is 22.1 Å². The predicted molar refractivity (Wildman–Crippen MR) is 127 cm³/mol. The van der Waals surface area contributed by atoms with Crippen molar-refractivity contribution in [2.75, 3.05) is 38.6 Å². The van der Waals surface area contributed by atoms with Crippen LogP contribution in [0.2, 0.25) is 0 Å². The number of anilines is 1. The molecule has 1 saturated carbocycles. The lowest BCUT2D eigenvalue weighted by molar-refractivity contribution is 0.0598. The van der Waals surface area contributed by atoms with Crippen LogP contribution in [0.25, 0.3) is 0 Å². The molecule has 7 heteroatoms. The lowest BCUT2D eigenvalue weighted by atomic mass is 9.99. The first-order chi connectivity index (χ1) is 15.5. The number of carbonyl (C=O) groups excluding carboxylic acids is 1. The summed E-state index contributed by atoms with van der Waals surface area (Å²) in [5.74, 6) is 0.988. The Hall–Kier alpha value is -2.38. The van der Waals surface area contributed by atoms with Crippen LogP contribution in [0.4, 0.5) is 5.69 Å². The van der Waals surface area contributed by atoms with E-state index in [0.29, 0.717) is 28.8 Å². The molecule has 1 heterocycles. The summed E-state index contributed by atoms with van der Waals surface area (Å²) in [5.41, 5.74) is 2.86. The monoisotopic (exact) mass is 456 g/mol. The van der Waals surface area contributed by atoms with Crippen molar-refractivity contribution < 1.29 is 18.5 Å². The summed E-state index contributed by atoms with van der Waals surface area (Å²) >= 11 is 0. The van der Waals surface area contributed by atoms with E-state index < -0.39 is 17.0 Å². The number of hydrogen-bond acceptors (Lipinski definition) is 5. The van der Waals surface area contributed by atoms with Gasteiger partial charge in [-0.3, -0.25) is 0 Å². The largest absolute Gasteiger partial charge is 0.495 e. The Labute approximate surface area is 192 Å². The molecule has 0 spiro atoms. The van der Waals surface area contributed by atoms with Crippen LogP contribution < -0.4 is 9.46 Å². The SMILES string of the molecule is CCN1CCC(Cc2ccccc2S(=O)Nc2ccc(C3CC3)c(OC)c2C(=O)OC)C1. The Morgan fingerprint density at radius 3 is 2.59 bits per heavy atom. The summed E-state index contributed by atoms with van der Waals surface area (Å²) in [6, 6.07) is 11.6. The van der Waals surface area contributed by atoms with Gasteiger partial charge in [-0.25, -0.2) is 9.00 Å². The third-order valence-corrected chi connectivity index (χ3v) is 7.70. The fourth-order valence-electron chi connectivity index (χ4n) is 4.61. The molecule has 1 N–H and O–H groups in total. The highest BCUT2D eigenvalue weighted by Crippen LogP contribution is 2.47. The Morgan fingerprint density at radius 1 is 1.16 bits per heavy atom. The van der Waals surface area contributed by atoms with E-state index in [0.717, 1.165) is 61.3 Å². The minimum Gasteiger partial charge on any atom is -0.495 e. The lowest BCUT2D eigenvalue weighted by Crippen LogP contribution is -2.20. The number of methoxy groups -OCH3 is 2. The predicted octanol–water partition coefficient (Wildman–Crippen LogP) is 4.38. The number of carbonyl (C=O) groups is 1. The number of likely N-dealkylation sites (tertiary alicyclic amines) is 1. The van der Waals surface area contributed by atoms with Gasteiger partial charge in [-0.2, -0.15) is 0 Å². The molecule has 1 aliphatic carbocycles. The number of benzene rings is 2. The zero-order valence-electron chi connectivity index (χ0n) is 19.1. The molecule has 2 aliphatic rings. The Balaban J connectivity index is 1.60. The van der Waals surface area contributed by atoms with Gasteiger partial charge in [0, 0.05) is 6.54 Å². The maximum Gasteiger partial charge on any atom is 0.343 e. The maximum atomic E-state index is 13.4. The Morgan fingerprint density at radius 2 is 1.94 bits per heavy atom. The van der Waals surface area contributed by atoms with Gasteiger partial charge in [-0.05, 0) is 73.9 Å². The van der Waals surface area contributed by atoms with Crippen LogP contribution >= 0.6 is 0 Å². The van der Waals surface area contributed by atoms with Crippen molar-refractivity contribution in [3.05, 3.63) is 53.1 Å². The number of ether oxygens (including phenoxy) is 2. The topological polar surface area (TPSA) is 67.9 Å². The molecule has 32 heavy (non-hydrogen) atoms. The summed E-state index contributed by atoms with van der Waals surface area (Å²) < 4.78 is 27.1. The van der Waals surface area contributed by atoms with E-state index in [1.807, 2.05) is 30.3 Å². The smallest absolute Gasteiger partial charge is 0.343 e. The number of hydrogen-bond donors (Lipinski definition) is 1. The summed E-state index contributed by atoms with van der Waals surface area (Å²) in [5, 5.41) is 0. The number of nitrogens with one attached hydrogen (secondary N) is 1. The first-order valence-electron chi connectivity index (χ1n) is 11.3. The summed E-state index contributed by atoms with van der Waals surface area (Å²) in [6.45, 7) is 5.47. The maximum absolute atomic E-state index is 13.4. The van der Waals surface area contributed by atoms with Gasteiger partial charge in [0.2, 0.25) is 0 Å². The van der Waals surface area contributed by atoms with Crippen LogP contribution in [0.3, 0.4) is 0 Å². The van der Waals surface area contributed by atoms with Gasteiger partial charge in [-0.15, -0.1) is 0 Å². The van der Waals surface area contributed by atoms with Crippen LogP contribution in [0, 0.1) is 5.92 Å². The highest BCUT2D eigenvalue weighted by atomic mass is 32.2. The van der Waals surface area contributed by atoms with Crippen molar-refractivity contribution in [1.29, 1.82) is 0 Å². The van der Waals surface area contributed by atoms with Crippen molar-refractivity contribution in [3.8, 4) is 5.75 Å². The molecule has 1 aliphatic heterocycles.